The summed E-state index contributed by atoms with van der Waals surface area (Å²) in [5, 5.41) is 0. The fourth-order valence-corrected chi connectivity index (χ4v) is 2.13. The van der Waals surface area contributed by atoms with Crippen molar-refractivity contribution in [3.8, 4) is 11.3 Å². The summed E-state index contributed by atoms with van der Waals surface area (Å²) in [4.78, 5) is 8.93. The molecular weight excluding hydrogens is 246 g/mol. The second-order valence-electron chi connectivity index (χ2n) is 4.62. The van der Waals surface area contributed by atoms with Crippen molar-refractivity contribution in [1.29, 1.82) is 0 Å². The highest BCUT2D eigenvalue weighted by atomic mass is 14.9. The molecule has 0 aliphatic heterocycles. The molecule has 3 heteroatoms. The fraction of sp³-hybridized carbons (Fsp3) is 0.0588. The summed E-state index contributed by atoms with van der Waals surface area (Å²) in [6, 6.07) is 22.0. The Morgan fingerprint density at radius 3 is 2.15 bits per heavy atom. The number of aromatic nitrogens is 2. The summed E-state index contributed by atoms with van der Waals surface area (Å²) >= 11 is 0. The normalized spacial score (nSPS) is 10.4. The molecule has 3 rings (SSSR count). The molecule has 0 amide bonds. The zero-order valence-corrected chi connectivity index (χ0v) is 11.0. The number of nitrogen functional groups attached to an aromatic ring is 1. The lowest BCUT2D eigenvalue weighted by atomic mass is 10.1. The molecular formula is C17H15N3. The monoisotopic (exact) mass is 261 g/mol. The van der Waals surface area contributed by atoms with E-state index in [-0.39, 0.29) is 0 Å². The van der Waals surface area contributed by atoms with Gasteiger partial charge in [-0.15, -0.1) is 0 Å². The van der Waals surface area contributed by atoms with Crippen molar-refractivity contribution >= 4 is 5.82 Å². The maximum absolute atomic E-state index is 5.90. The zero-order chi connectivity index (χ0) is 13.8. The summed E-state index contributed by atoms with van der Waals surface area (Å²) in [5.74, 6) is 1.25. The number of benzene rings is 2. The van der Waals surface area contributed by atoms with Crippen LogP contribution in [0.2, 0.25) is 0 Å². The molecule has 3 aromatic rings. The molecule has 0 saturated carbocycles. The van der Waals surface area contributed by atoms with Crippen LogP contribution in [0.4, 0.5) is 5.82 Å². The van der Waals surface area contributed by atoms with E-state index in [0.29, 0.717) is 12.2 Å². The standard InChI is InChI=1S/C17H15N3/c18-16-12-15(14-9-5-2-6-10-14)19-17(20-16)11-13-7-3-1-4-8-13/h1-10,12H,11H2,(H2,18,19,20). The highest BCUT2D eigenvalue weighted by Crippen LogP contribution is 2.19. The van der Waals surface area contributed by atoms with Gasteiger partial charge in [0.1, 0.15) is 11.6 Å². The van der Waals surface area contributed by atoms with Crippen LogP contribution in [-0.2, 0) is 6.42 Å². The van der Waals surface area contributed by atoms with E-state index in [4.69, 9.17) is 5.73 Å². The van der Waals surface area contributed by atoms with Crippen LogP contribution in [-0.4, -0.2) is 9.97 Å². The zero-order valence-electron chi connectivity index (χ0n) is 11.0. The van der Waals surface area contributed by atoms with Crippen molar-refractivity contribution in [2.24, 2.45) is 0 Å². The van der Waals surface area contributed by atoms with Crippen LogP contribution in [0.25, 0.3) is 11.3 Å². The molecule has 0 bridgehead atoms. The lowest BCUT2D eigenvalue weighted by Crippen LogP contribution is -2.02. The lowest BCUT2D eigenvalue weighted by molar-refractivity contribution is 0.978. The molecule has 0 atom stereocenters. The Hall–Kier alpha value is -2.68. The summed E-state index contributed by atoms with van der Waals surface area (Å²) in [7, 11) is 0. The van der Waals surface area contributed by atoms with Crippen LogP contribution in [0.3, 0.4) is 0 Å². The predicted molar refractivity (Wildman–Crippen MR) is 81.1 cm³/mol. The van der Waals surface area contributed by atoms with E-state index in [9.17, 15) is 0 Å². The smallest absolute Gasteiger partial charge is 0.135 e. The Morgan fingerprint density at radius 2 is 1.45 bits per heavy atom. The Bertz CT molecular complexity index is 694. The van der Waals surface area contributed by atoms with Crippen LogP contribution in [0.15, 0.2) is 66.7 Å². The average molecular weight is 261 g/mol. The second-order valence-corrected chi connectivity index (χ2v) is 4.62. The minimum atomic E-state index is 0.504. The lowest BCUT2D eigenvalue weighted by Gasteiger charge is -2.06. The SMILES string of the molecule is Nc1cc(-c2ccccc2)nc(Cc2ccccc2)n1. The van der Waals surface area contributed by atoms with E-state index < -0.39 is 0 Å². The molecule has 0 fully saturated rings. The Balaban J connectivity index is 1.95. The minimum absolute atomic E-state index is 0.504. The van der Waals surface area contributed by atoms with Crippen LogP contribution in [0, 0.1) is 0 Å². The van der Waals surface area contributed by atoms with Gasteiger partial charge in [-0.05, 0) is 5.56 Å². The molecule has 20 heavy (non-hydrogen) atoms. The highest BCUT2D eigenvalue weighted by molar-refractivity contribution is 5.61. The molecule has 0 aliphatic carbocycles. The third-order valence-corrected chi connectivity index (χ3v) is 3.07. The van der Waals surface area contributed by atoms with E-state index in [2.05, 4.69) is 22.1 Å². The van der Waals surface area contributed by atoms with Crippen LogP contribution in [0.5, 0.6) is 0 Å². The first kappa shape index (κ1) is 12.4. The molecule has 0 aliphatic rings. The van der Waals surface area contributed by atoms with Gasteiger partial charge < -0.3 is 5.73 Å². The number of rotatable bonds is 3. The van der Waals surface area contributed by atoms with Gasteiger partial charge in [0.2, 0.25) is 0 Å². The van der Waals surface area contributed by atoms with Crippen LogP contribution >= 0.6 is 0 Å². The topological polar surface area (TPSA) is 51.8 Å². The highest BCUT2D eigenvalue weighted by Gasteiger charge is 2.05. The van der Waals surface area contributed by atoms with Crippen molar-refractivity contribution in [2.45, 2.75) is 6.42 Å². The summed E-state index contributed by atoms with van der Waals surface area (Å²) in [6.45, 7) is 0. The van der Waals surface area contributed by atoms with Crippen LogP contribution in [0.1, 0.15) is 11.4 Å². The van der Waals surface area contributed by atoms with Crippen molar-refractivity contribution in [3.05, 3.63) is 78.1 Å². The van der Waals surface area contributed by atoms with Gasteiger partial charge in [0.15, 0.2) is 0 Å². The number of nitrogens with zero attached hydrogens (tertiary/aromatic N) is 2. The second kappa shape index (κ2) is 5.53. The molecule has 2 N–H and O–H groups in total. The maximum atomic E-state index is 5.90. The van der Waals surface area contributed by atoms with E-state index in [1.165, 1.54) is 5.56 Å². The third-order valence-electron chi connectivity index (χ3n) is 3.07. The van der Waals surface area contributed by atoms with Gasteiger partial charge in [-0.1, -0.05) is 60.7 Å². The van der Waals surface area contributed by atoms with Gasteiger partial charge >= 0.3 is 0 Å². The van der Waals surface area contributed by atoms with Crippen molar-refractivity contribution < 1.29 is 0 Å². The van der Waals surface area contributed by atoms with Crippen LogP contribution < -0.4 is 5.73 Å². The Labute approximate surface area is 118 Å². The van der Waals surface area contributed by atoms with Gasteiger partial charge in [0.05, 0.1) is 5.69 Å². The van der Waals surface area contributed by atoms with Crippen molar-refractivity contribution in [1.82, 2.24) is 9.97 Å². The first-order valence-electron chi connectivity index (χ1n) is 6.54. The van der Waals surface area contributed by atoms with E-state index in [1.807, 2.05) is 54.6 Å². The molecule has 0 saturated heterocycles. The van der Waals surface area contributed by atoms with E-state index in [0.717, 1.165) is 17.1 Å². The van der Waals surface area contributed by atoms with Gasteiger partial charge in [-0.3, -0.25) is 0 Å². The number of hydrogen-bond donors (Lipinski definition) is 1. The van der Waals surface area contributed by atoms with E-state index >= 15 is 0 Å². The van der Waals surface area contributed by atoms with Crippen molar-refractivity contribution in [3.63, 3.8) is 0 Å². The first-order valence-corrected chi connectivity index (χ1v) is 6.54. The molecule has 1 heterocycles. The molecule has 3 nitrogen and oxygen atoms in total. The van der Waals surface area contributed by atoms with Gasteiger partial charge in [-0.2, -0.15) is 0 Å². The fourth-order valence-electron chi connectivity index (χ4n) is 2.13. The quantitative estimate of drug-likeness (QED) is 0.787. The largest absolute Gasteiger partial charge is 0.384 e. The Morgan fingerprint density at radius 1 is 0.800 bits per heavy atom. The number of nitrogens with two attached hydrogens (primary N) is 1. The summed E-state index contributed by atoms with van der Waals surface area (Å²) in [5.41, 5.74) is 8.99. The van der Waals surface area contributed by atoms with Crippen molar-refractivity contribution in [2.75, 3.05) is 5.73 Å². The molecule has 2 aromatic carbocycles. The summed E-state index contributed by atoms with van der Waals surface area (Å²) in [6.07, 6.45) is 0.686. The third kappa shape index (κ3) is 2.83. The molecule has 0 unspecified atom stereocenters. The van der Waals surface area contributed by atoms with Gasteiger partial charge in [0.25, 0.3) is 0 Å². The molecule has 0 spiro atoms. The number of hydrogen-bond acceptors (Lipinski definition) is 3. The first-order chi connectivity index (χ1) is 9.81. The predicted octanol–water partition coefficient (Wildman–Crippen LogP) is 3.32. The van der Waals surface area contributed by atoms with Gasteiger partial charge in [0, 0.05) is 18.1 Å². The van der Waals surface area contributed by atoms with E-state index in [1.54, 1.807) is 0 Å². The maximum Gasteiger partial charge on any atom is 0.135 e. The Kier molecular flexibility index (Phi) is 3.42. The molecule has 1 aromatic heterocycles. The van der Waals surface area contributed by atoms with Gasteiger partial charge in [-0.25, -0.2) is 9.97 Å². The molecule has 0 radical (unpaired) electrons. The molecule has 98 valence electrons. The minimum Gasteiger partial charge on any atom is -0.384 e. The summed E-state index contributed by atoms with van der Waals surface area (Å²) < 4.78 is 0. The number of anilines is 1. The average Bonchev–Trinajstić information content (AvgIpc) is 2.49.